The first-order valence-electron chi connectivity index (χ1n) is 9.37. The van der Waals surface area contributed by atoms with Crippen LogP contribution >= 0.6 is 0 Å². The highest BCUT2D eigenvalue weighted by Crippen LogP contribution is 2.28. The zero-order chi connectivity index (χ0) is 20.3. The number of sulfone groups is 1. The van der Waals surface area contributed by atoms with E-state index < -0.39 is 15.7 Å². The van der Waals surface area contributed by atoms with Gasteiger partial charge in [-0.05, 0) is 48.6 Å². The van der Waals surface area contributed by atoms with Crippen molar-refractivity contribution in [1.82, 2.24) is 4.90 Å². The molecule has 0 unspecified atom stereocenters. The Morgan fingerprint density at radius 1 is 1.14 bits per heavy atom. The van der Waals surface area contributed by atoms with Gasteiger partial charge in [0.15, 0.2) is 9.84 Å². The summed E-state index contributed by atoms with van der Waals surface area (Å²) in [7, 11) is -3.48. The van der Waals surface area contributed by atoms with Gasteiger partial charge in [-0.25, -0.2) is 12.8 Å². The SMILES string of the molecule is CCc1ccc(CN(CC(=O)Nc2cc(S(C)(=O)=O)ccc2F)C2CC2)cc1. The van der Waals surface area contributed by atoms with E-state index in [4.69, 9.17) is 0 Å². The summed E-state index contributed by atoms with van der Waals surface area (Å²) < 4.78 is 37.3. The lowest BCUT2D eigenvalue weighted by Gasteiger charge is -2.22. The Morgan fingerprint density at radius 2 is 1.79 bits per heavy atom. The Bertz CT molecular complexity index is 954. The summed E-state index contributed by atoms with van der Waals surface area (Å²) in [6.07, 6.45) is 4.11. The molecule has 5 nitrogen and oxygen atoms in total. The lowest BCUT2D eigenvalue weighted by atomic mass is 10.1. The average Bonchev–Trinajstić information content (AvgIpc) is 3.48. The van der Waals surface area contributed by atoms with Gasteiger partial charge in [-0.2, -0.15) is 0 Å². The molecule has 2 aromatic rings. The van der Waals surface area contributed by atoms with Crippen molar-refractivity contribution in [2.45, 2.75) is 43.7 Å². The van der Waals surface area contributed by atoms with Crippen molar-refractivity contribution in [2.75, 3.05) is 18.1 Å². The Labute approximate surface area is 165 Å². The molecule has 1 amide bonds. The molecule has 0 radical (unpaired) electrons. The van der Waals surface area contributed by atoms with Gasteiger partial charge in [0, 0.05) is 18.8 Å². The molecule has 2 aromatic carbocycles. The van der Waals surface area contributed by atoms with Crippen LogP contribution in [0.4, 0.5) is 10.1 Å². The van der Waals surface area contributed by atoms with E-state index in [2.05, 4.69) is 41.4 Å². The molecule has 0 aliphatic heterocycles. The molecule has 3 rings (SSSR count). The number of halogens is 1. The third-order valence-corrected chi connectivity index (χ3v) is 5.98. The van der Waals surface area contributed by atoms with Gasteiger partial charge in [-0.15, -0.1) is 0 Å². The minimum atomic E-state index is -3.48. The Balaban J connectivity index is 1.68. The maximum absolute atomic E-state index is 14.0. The van der Waals surface area contributed by atoms with Gasteiger partial charge >= 0.3 is 0 Å². The number of benzene rings is 2. The fraction of sp³-hybridized carbons (Fsp3) is 0.381. The molecule has 0 spiro atoms. The predicted molar refractivity (Wildman–Crippen MR) is 107 cm³/mol. The summed E-state index contributed by atoms with van der Waals surface area (Å²) in [6, 6.07) is 12.1. The minimum absolute atomic E-state index is 0.0285. The summed E-state index contributed by atoms with van der Waals surface area (Å²) in [5.41, 5.74) is 2.28. The van der Waals surface area contributed by atoms with Crippen molar-refractivity contribution >= 4 is 21.4 Å². The molecule has 0 atom stereocenters. The van der Waals surface area contributed by atoms with Crippen molar-refractivity contribution in [2.24, 2.45) is 0 Å². The van der Waals surface area contributed by atoms with Gasteiger partial charge in [0.2, 0.25) is 5.91 Å². The molecule has 1 N–H and O–H groups in total. The Morgan fingerprint density at radius 3 is 2.36 bits per heavy atom. The van der Waals surface area contributed by atoms with Crippen LogP contribution in [0.5, 0.6) is 0 Å². The topological polar surface area (TPSA) is 66.5 Å². The molecule has 28 heavy (non-hydrogen) atoms. The van der Waals surface area contributed by atoms with Gasteiger partial charge in [0.25, 0.3) is 0 Å². The maximum atomic E-state index is 14.0. The van der Waals surface area contributed by atoms with Crippen LogP contribution in [-0.4, -0.2) is 38.1 Å². The summed E-state index contributed by atoms with van der Waals surface area (Å²) in [5.74, 6) is -1.02. The summed E-state index contributed by atoms with van der Waals surface area (Å²) in [4.78, 5) is 14.5. The average molecular weight is 405 g/mol. The zero-order valence-electron chi connectivity index (χ0n) is 16.1. The second-order valence-corrected chi connectivity index (χ2v) is 9.28. The molecule has 1 aliphatic rings. The molecular formula is C21H25FN2O3S. The molecule has 0 heterocycles. The smallest absolute Gasteiger partial charge is 0.238 e. The van der Waals surface area contributed by atoms with E-state index in [1.807, 2.05) is 0 Å². The number of anilines is 1. The number of nitrogens with one attached hydrogen (secondary N) is 1. The van der Waals surface area contributed by atoms with Gasteiger partial charge in [-0.3, -0.25) is 9.69 Å². The van der Waals surface area contributed by atoms with Crippen molar-refractivity contribution in [3.63, 3.8) is 0 Å². The van der Waals surface area contributed by atoms with Crippen LogP contribution in [0.15, 0.2) is 47.4 Å². The third-order valence-electron chi connectivity index (χ3n) is 4.87. The monoisotopic (exact) mass is 404 g/mol. The summed E-state index contributed by atoms with van der Waals surface area (Å²) in [5, 5.41) is 2.52. The molecular weight excluding hydrogens is 379 g/mol. The molecule has 1 aliphatic carbocycles. The van der Waals surface area contributed by atoms with Crippen LogP contribution in [0.3, 0.4) is 0 Å². The standard InChI is InChI=1S/C21H25FN2O3S/c1-3-15-4-6-16(7-5-15)13-24(17-8-9-17)14-21(25)23-20-12-18(28(2,26)27)10-11-19(20)22/h4-7,10-12,17H,3,8-9,13-14H2,1-2H3,(H,23,25). The first-order chi connectivity index (χ1) is 13.3. The van der Waals surface area contributed by atoms with Crippen LogP contribution < -0.4 is 5.32 Å². The number of amides is 1. The Kier molecular flexibility index (Phi) is 6.15. The van der Waals surface area contributed by atoms with Crippen molar-refractivity contribution < 1.29 is 17.6 Å². The second-order valence-electron chi connectivity index (χ2n) is 7.27. The lowest BCUT2D eigenvalue weighted by molar-refractivity contribution is -0.117. The number of carbonyl (C=O) groups excluding carboxylic acids is 1. The quantitative estimate of drug-likeness (QED) is 0.685. The highest BCUT2D eigenvalue weighted by Gasteiger charge is 2.30. The van der Waals surface area contributed by atoms with Crippen molar-refractivity contribution in [3.8, 4) is 0 Å². The predicted octanol–water partition coefficient (Wildman–Crippen LogP) is 3.39. The second kappa shape index (κ2) is 8.41. The maximum Gasteiger partial charge on any atom is 0.238 e. The van der Waals surface area contributed by atoms with Crippen LogP contribution in [0, 0.1) is 5.82 Å². The fourth-order valence-corrected chi connectivity index (χ4v) is 3.72. The van der Waals surface area contributed by atoms with E-state index in [1.165, 1.54) is 11.6 Å². The molecule has 0 aromatic heterocycles. The van der Waals surface area contributed by atoms with E-state index in [1.54, 1.807) is 0 Å². The van der Waals surface area contributed by atoms with Gasteiger partial charge < -0.3 is 5.32 Å². The number of nitrogens with zero attached hydrogens (tertiary/aromatic N) is 1. The number of hydrogen-bond donors (Lipinski definition) is 1. The molecule has 1 fully saturated rings. The number of rotatable bonds is 8. The molecule has 0 bridgehead atoms. The largest absolute Gasteiger partial charge is 0.322 e. The lowest BCUT2D eigenvalue weighted by Crippen LogP contribution is -2.34. The van der Waals surface area contributed by atoms with Crippen molar-refractivity contribution in [1.29, 1.82) is 0 Å². The first-order valence-corrected chi connectivity index (χ1v) is 11.3. The van der Waals surface area contributed by atoms with Crippen molar-refractivity contribution in [3.05, 3.63) is 59.4 Å². The van der Waals surface area contributed by atoms with Crippen LogP contribution in [0.1, 0.15) is 30.9 Å². The third kappa shape index (κ3) is 5.39. The zero-order valence-corrected chi connectivity index (χ0v) is 16.9. The van der Waals surface area contributed by atoms with Crippen LogP contribution in [0.25, 0.3) is 0 Å². The molecule has 150 valence electrons. The highest BCUT2D eigenvalue weighted by atomic mass is 32.2. The number of hydrogen-bond acceptors (Lipinski definition) is 4. The van der Waals surface area contributed by atoms with E-state index >= 15 is 0 Å². The highest BCUT2D eigenvalue weighted by molar-refractivity contribution is 7.90. The molecule has 0 saturated heterocycles. The van der Waals surface area contributed by atoms with Gasteiger partial charge in [0.1, 0.15) is 5.82 Å². The summed E-state index contributed by atoms with van der Waals surface area (Å²) >= 11 is 0. The number of carbonyl (C=O) groups is 1. The normalized spacial score (nSPS) is 14.3. The van der Waals surface area contributed by atoms with Crippen LogP contribution in [-0.2, 0) is 27.6 Å². The molecule has 1 saturated carbocycles. The first kappa shape index (κ1) is 20.5. The van der Waals surface area contributed by atoms with Gasteiger partial charge in [0.05, 0.1) is 17.1 Å². The van der Waals surface area contributed by atoms with Gasteiger partial charge in [-0.1, -0.05) is 31.2 Å². The number of aryl methyl sites for hydroxylation is 1. The fourth-order valence-electron chi connectivity index (χ4n) is 3.07. The van der Waals surface area contributed by atoms with E-state index in [9.17, 15) is 17.6 Å². The minimum Gasteiger partial charge on any atom is -0.322 e. The Hall–Kier alpha value is -2.25. The van der Waals surface area contributed by atoms with E-state index in [0.717, 1.165) is 43.2 Å². The molecule has 7 heteroatoms. The van der Waals surface area contributed by atoms with E-state index in [-0.39, 0.29) is 23.0 Å². The van der Waals surface area contributed by atoms with Crippen LogP contribution in [0.2, 0.25) is 0 Å². The summed E-state index contributed by atoms with van der Waals surface area (Å²) in [6.45, 7) is 2.88. The van der Waals surface area contributed by atoms with E-state index in [0.29, 0.717) is 12.6 Å².